The van der Waals surface area contributed by atoms with E-state index < -0.39 is 0 Å². The lowest BCUT2D eigenvalue weighted by atomic mass is 10.1. The van der Waals surface area contributed by atoms with Gasteiger partial charge in [-0.05, 0) is 13.3 Å². The molecule has 0 radical (unpaired) electrons. The van der Waals surface area contributed by atoms with E-state index in [0.29, 0.717) is 6.54 Å². The van der Waals surface area contributed by atoms with Crippen LogP contribution in [0.15, 0.2) is 0 Å². The molecule has 2 unspecified atom stereocenters. The Morgan fingerprint density at radius 2 is 2.20 bits per heavy atom. The quantitative estimate of drug-likeness (QED) is 0.459. The summed E-state index contributed by atoms with van der Waals surface area (Å²) in [6, 6.07) is 2.42. The minimum Gasteiger partial charge on any atom is -0.307 e. The molecule has 1 rings (SSSR count). The Bertz CT molecular complexity index is 198. The molecule has 0 N–H and O–H groups in total. The molecule has 3 heteroatoms. The molecule has 1 saturated heterocycles. The molecule has 0 aromatic rings. The Morgan fingerprint density at radius 3 is 2.50 bits per heavy atom. The minimum atomic E-state index is 0.0645. The SMILES string of the molecule is CC1CC(C#N)CN1C#N. The molecule has 0 amide bonds. The fraction of sp³-hybridized carbons (Fsp3) is 0.714. The van der Waals surface area contributed by atoms with Crippen LogP contribution in [0.2, 0.25) is 0 Å². The summed E-state index contributed by atoms with van der Waals surface area (Å²) in [5.41, 5.74) is 0. The lowest BCUT2D eigenvalue weighted by Gasteiger charge is -2.10. The van der Waals surface area contributed by atoms with Crippen molar-refractivity contribution in [3.05, 3.63) is 0 Å². The van der Waals surface area contributed by atoms with Gasteiger partial charge in [0.2, 0.25) is 0 Å². The lowest BCUT2D eigenvalue weighted by Crippen LogP contribution is -2.20. The third kappa shape index (κ3) is 1.04. The van der Waals surface area contributed by atoms with Crippen LogP contribution in [0.25, 0.3) is 0 Å². The van der Waals surface area contributed by atoms with Crippen LogP contribution in [0.3, 0.4) is 0 Å². The fourth-order valence-corrected chi connectivity index (χ4v) is 1.26. The molecule has 0 spiro atoms. The average Bonchev–Trinajstić information content (AvgIpc) is 2.30. The summed E-state index contributed by atoms with van der Waals surface area (Å²) >= 11 is 0. The van der Waals surface area contributed by atoms with Crippen LogP contribution < -0.4 is 0 Å². The first kappa shape index (κ1) is 6.89. The van der Waals surface area contributed by atoms with Gasteiger partial charge in [0.15, 0.2) is 6.19 Å². The monoisotopic (exact) mass is 135 g/mol. The first-order chi connectivity index (χ1) is 4.77. The molecule has 0 bridgehead atoms. The molecule has 2 atom stereocenters. The fourth-order valence-electron chi connectivity index (χ4n) is 1.26. The van der Waals surface area contributed by atoms with Crippen LogP contribution >= 0.6 is 0 Å². The Balaban J connectivity index is 2.56. The van der Waals surface area contributed by atoms with Gasteiger partial charge >= 0.3 is 0 Å². The molecule has 0 aromatic carbocycles. The number of nitrogens with zero attached hydrogens (tertiary/aromatic N) is 3. The summed E-state index contributed by atoms with van der Waals surface area (Å²) in [4.78, 5) is 1.66. The molecule has 1 aliphatic rings. The zero-order chi connectivity index (χ0) is 7.56. The van der Waals surface area contributed by atoms with Gasteiger partial charge in [0.05, 0.1) is 12.0 Å². The Labute approximate surface area is 60.5 Å². The van der Waals surface area contributed by atoms with Gasteiger partial charge in [0.1, 0.15) is 0 Å². The van der Waals surface area contributed by atoms with Gasteiger partial charge in [0.25, 0.3) is 0 Å². The third-order valence-electron chi connectivity index (χ3n) is 1.89. The largest absolute Gasteiger partial charge is 0.307 e. The topological polar surface area (TPSA) is 50.8 Å². The van der Waals surface area contributed by atoms with Crippen molar-refractivity contribution in [2.75, 3.05) is 6.54 Å². The second-order valence-corrected chi connectivity index (χ2v) is 2.66. The maximum Gasteiger partial charge on any atom is 0.179 e. The molecule has 3 nitrogen and oxygen atoms in total. The van der Waals surface area contributed by atoms with Crippen molar-refractivity contribution in [3.63, 3.8) is 0 Å². The highest BCUT2D eigenvalue weighted by molar-refractivity contribution is 4.98. The molecule has 1 heterocycles. The van der Waals surface area contributed by atoms with E-state index in [0.717, 1.165) is 6.42 Å². The Morgan fingerprint density at radius 1 is 1.50 bits per heavy atom. The highest BCUT2D eigenvalue weighted by Crippen LogP contribution is 2.20. The maximum absolute atomic E-state index is 8.52. The number of rotatable bonds is 0. The molecule has 0 aliphatic carbocycles. The van der Waals surface area contributed by atoms with Crippen molar-refractivity contribution >= 4 is 0 Å². The van der Waals surface area contributed by atoms with Crippen molar-refractivity contribution in [1.29, 1.82) is 10.5 Å². The van der Waals surface area contributed by atoms with Crippen LogP contribution in [-0.2, 0) is 0 Å². The van der Waals surface area contributed by atoms with Crippen LogP contribution in [0, 0.1) is 28.7 Å². The van der Waals surface area contributed by atoms with Gasteiger partial charge < -0.3 is 4.90 Å². The van der Waals surface area contributed by atoms with Gasteiger partial charge in [-0.1, -0.05) is 0 Å². The van der Waals surface area contributed by atoms with Crippen LogP contribution in [0.4, 0.5) is 0 Å². The molecule has 1 aliphatic heterocycles. The molecular weight excluding hydrogens is 126 g/mol. The molecule has 1 fully saturated rings. The van der Waals surface area contributed by atoms with Gasteiger partial charge in [-0.3, -0.25) is 0 Å². The number of hydrogen-bond acceptors (Lipinski definition) is 3. The van der Waals surface area contributed by atoms with Crippen molar-refractivity contribution in [2.45, 2.75) is 19.4 Å². The highest BCUT2D eigenvalue weighted by atomic mass is 15.2. The van der Waals surface area contributed by atoms with E-state index in [1.165, 1.54) is 0 Å². The Kier molecular flexibility index (Phi) is 1.78. The molecule has 52 valence electrons. The normalized spacial score (nSPS) is 31.3. The van der Waals surface area contributed by atoms with Gasteiger partial charge in [-0.2, -0.15) is 10.5 Å². The van der Waals surface area contributed by atoms with E-state index in [1.807, 2.05) is 6.92 Å². The summed E-state index contributed by atoms with van der Waals surface area (Å²) < 4.78 is 0. The summed E-state index contributed by atoms with van der Waals surface area (Å²) in [7, 11) is 0. The Hall–Kier alpha value is -1.22. The van der Waals surface area contributed by atoms with Crippen LogP contribution in [0.1, 0.15) is 13.3 Å². The lowest BCUT2D eigenvalue weighted by molar-refractivity contribution is 0.386. The van der Waals surface area contributed by atoms with E-state index >= 15 is 0 Å². The molecule has 10 heavy (non-hydrogen) atoms. The van der Waals surface area contributed by atoms with Crippen molar-refractivity contribution in [1.82, 2.24) is 4.90 Å². The van der Waals surface area contributed by atoms with Crippen LogP contribution in [0.5, 0.6) is 0 Å². The average molecular weight is 135 g/mol. The van der Waals surface area contributed by atoms with Crippen molar-refractivity contribution in [2.24, 2.45) is 5.92 Å². The molecular formula is C7H9N3. The van der Waals surface area contributed by atoms with Crippen LogP contribution in [-0.4, -0.2) is 17.5 Å². The standard InChI is InChI=1S/C7H9N3/c1-6-2-7(3-8)4-10(6)5-9/h6-7H,2,4H2,1H3. The predicted octanol–water partition coefficient (Wildman–Crippen LogP) is 0.701. The van der Waals surface area contributed by atoms with E-state index in [1.54, 1.807) is 4.90 Å². The molecule has 0 aromatic heterocycles. The highest BCUT2D eigenvalue weighted by Gasteiger charge is 2.27. The van der Waals surface area contributed by atoms with E-state index in [-0.39, 0.29) is 12.0 Å². The smallest absolute Gasteiger partial charge is 0.179 e. The zero-order valence-corrected chi connectivity index (χ0v) is 5.91. The number of hydrogen-bond donors (Lipinski definition) is 0. The summed E-state index contributed by atoms with van der Waals surface area (Å²) in [6.45, 7) is 2.59. The third-order valence-corrected chi connectivity index (χ3v) is 1.89. The van der Waals surface area contributed by atoms with E-state index in [2.05, 4.69) is 12.3 Å². The van der Waals surface area contributed by atoms with E-state index in [4.69, 9.17) is 10.5 Å². The first-order valence-corrected chi connectivity index (χ1v) is 3.34. The van der Waals surface area contributed by atoms with E-state index in [9.17, 15) is 0 Å². The predicted molar refractivity (Wildman–Crippen MR) is 35.5 cm³/mol. The summed E-state index contributed by atoms with van der Waals surface area (Å²) in [5.74, 6) is 0.0645. The molecule has 0 saturated carbocycles. The summed E-state index contributed by atoms with van der Waals surface area (Å²) in [5, 5.41) is 17.0. The van der Waals surface area contributed by atoms with Crippen molar-refractivity contribution in [3.8, 4) is 12.3 Å². The second-order valence-electron chi connectivity index (χ2n) is 2.66. The zero-order valence-electron chi connectivity index (χ0n) is 5.91. The number of nitriles is 2. The second kappa shape index (κ2) is 2.58. The number of likely N-dealkylation sites (tertiary alicyclic amines) is 1. The van der Waals surface area contributed by atoms with Gasteiger partial charge in [-0.25, -0.2) is 0 Å². The summed E-state index contributed by atoms with van der Waals surface area (Å²) in [6.07, 6.45) is 2.90. The minimum absolute atomic E-state index is 0.0645. The van der Waals surface area contributed by atoms with Gasteiger partial charge in [-0.15, -0.1) is 0 Å². The first-order valence-electron chi connectivity index (χ1n) is 3.34. The maximum atomic E-state index is 8.52. The van der Waals surface area contributed by atoms with Crippen molar-refractivity contribution < 1.29 is 0 Å². The van der Waals surface area contributed by atoms with Gasteiger partial charge in [0, 0.05) is 12.6 Å².